The molecule has 1 N–H and O–H groups in total. The van der Waals surface area contributed by atoms with E-state index in [-0.39, 0.29) is 11.7 Å². The molecule has 5 heteroatoms. The fourth-order valence-corrected chi connectivity index (χ4v) is 3.16. The Morgan fingerprint density at radius 1 is 1.29 bits per heavy atom. The summed E-state index contributed by atoms with van der Waals surface area (Å²) in [6.45, 7) is 3.93. The van der Waals surface area contributed by atoms with Gasteiger partial charge in [0.15, 0.2) is 0 Å². The Kier molecular flexibility index (Phi) is 5.20. The van der Waals surface area contributed by atoms with E-state index in [2.05, 4.69) is 21.3 Å². The number of anilines is 1. The zero-order chi connectivity index (χ0) is 16.9. The van der Waals surface area contributed by atoms with E-state index < -0.39 is 0 Å². The zero-order valence-electron chi connectivity index (χ0n) is 13.8. The molecule has 0 atom stereocenters. The Morgan fingerprint density at radius 2 is 2.08 bits per heavy atom. The number of hydrogen-bond donors (Lipinski definition) is 1. The molecule has 4 nitrogen and oxygen atoms in total. The third kappa shape index (κ3) is 4.17. The number of piperidine rings is 1. The Morgan fingerprint density at radius 3 is 2.75 bits per heavy atom. The molecule has 0 unspecified atom stereocenters. The molecule has 1 aromatic carbocycles. The molecule has 0 aliphatic carbocycles. The summed E-state index contributed by atoms with van der Waals surface area (Å²) in [5.41, 5.74) is 2.55. The van der Waals surface area contributed by atoms with Crippen LogP contribution in [0, 0.1) is 12.7 Å². The molecule has 1 aliphatic rings. The minimum absolute atomic E-state index is 0.0546. The maximum absolute atomic E-state index is 13.1. The van der Waals surface area contributed by atoms with Crippen LogP contribution in [-0.4, -0.2) is 35.4 Å². The Bertz CT molecular complexity index is 697. The van der Waals surface area contributed by atoms with Gasteiger partial charge in [-0.2, -0.15) is 0 Å². The van der Waals surface area contributed by atoms with E-state index in [0.717, 1.165) is 37.2 Å². The van der Waals surface area contributed by atoms with Crippen LogP contribution in [0.15, 0.2) is 42.6 Å². The second kappa shape index (κ2) is 7.53. The lowest BCUT2D eigenvalue weighted by atomic mass is 9.93. The summed E-state index contributed by atoms with van der Waals surface area (Å²) in [6.07, 6.45) is 3.86. The minimum atomic E-state index is -0.290. The van der Waals surface area contributed by atoms with Crippen molar-refractivity contribution in [3.05, 3.63) is 59.7 Å². The van der Waals surface area contributed by atoms with Crippen LogP contribution in [0.4, 0.5) is 10.1 Å². The molecular weight excluding hydrogens is 305 g/mol. The third-order valence-electron chi connectivity index (χ3n) is 4.52. The van der Waals surface area contributed by atoms with Gasteiger partial charge in [0.2, 0.25) is 5.91 Å². The van der Waals surface area contributed by atoms with Crippen LogP contribution in [0.2, 0.25) is 0 Å². The topological polar surface area (TPSA) is 45.2 Å². The molecule has 1 aliphatic heterocycles. The highest BCUT2D eigenvalue weighted by Gasteiger charge is 2.22. The van der Waals surface area contributed by atoms with Gasteiger partial charge in [-0.1, -0.05) is 6.07 Å². The highest BCUT2D eigenvalue weighted by molar-refractivity contribution is 5.92. The van der Waals surface area contributed by atoms with E-state index in [1.165, 1.54) is 12.1 Å². The van der Waals surface area contributed by atoms with E-state index in [4.69, 9.17) is 0 Å². The standard InChI is InChI=1S/C19H22FN3O/c1-14-12-16(20)5-6-17(14)22-19(24)13-23-10-7-15(8-11-23)18-4-2-3-9-21-18/h2-6,9,12,15H,7-8,10-11,13H2,1H3,(H,22,24). The molecule has 2 aromatic rings. The van der Waals surface area contributed by atoms with E-state index in [0.29, 0.717) is 18.2 Å². The van der Waals surface area contributed by atoms with Crippen molar-refractivity contribution in [3.8, 4) is 0 Å². The average molecular weight is 327 g/mol. The van der Waals surface area contributed by atoms with Crippen LogP contribution in [0.5, 0.6) is 0 Å². The number of carbonyl (C=O) groups is 1. The first-order valence-corrected chi connectivity index (χ1v) is 8.31. The molecule has 0 saturated carbocycles. The zero-order valence-corrected chi connectivity index (χ0v) is 13.8. The molecule has 2 heterocycles. The van der Waals surface area contributed by atoms with Gasteiger partial charge in [0.1, 0.15) is 5.82 Å². The average Bonchev–Trinajstić information content (AvgIpc) is 2.59. The lowest BCUT2D eigenvalue weighted by Gasteiger charge is -2.31. The van der Waals surface area contributed by atoms with Gasteiger partial charge in [-0.05, 0) is 68.8 Å². The van der Waals surface area contributed by atoms with Crippen LogP contribution < -0.4 is 5.32 Å². The van der Waals surface area contributed by atoms with Gasteiger partial charge in [0.25, 0.3) is 0 Å². The second-order valence-electron chi connectivity index (χ2n) is 6.31. The number of likely N-dealkylation sites (tertiary alicyclic amines) is 1. The molecule has 0 radical (unpaired) electrons. The molecule has 24 heavy (non-hydrogen) atoms. The molecular formula is C19H22FN3O. The summed E-state index contributed by atoms with van der Waals surface area (Å²) in [5.74, 6) is 0.132. The van der Waals surface area contributed by atoms with Gasteiger partial charge in [0, 0.05) is 23.5 Å². The summed E-state index contributed by atoms with van der Waals surface area (Å²) in [7, 11) is 0. The monoisotopic (exact) mass is 327 g/mol. The quantitative estimate of drug-likeness (QED) is 0.937. The number of amides is 1. The molecule has 1 fully saturated rings. The third-order valence-corrected chi connectivity index (χ3v) is 4.52. The normalized spacial score (nSPS) is 16.1. The van der Waals surface area contributed by atoms with Crippen LogP contribution in [-0.2, 0) is 4.79 Å². The number of halogens is 1. The molecule has 0 bridgehead atoms. The number of benzene rings is 1. The van der Waals surface area contributed by atoms with Crippen LogP contribution >= 0.6 is 0 Å². The van der Waals surface area contributed by atoms with Gasteiger partial charge < -0.3 is 5.32 Å². The highest BCUT2D eigenvalue weighted by atomic mass is 19.1. The maximum Gasteiger partial charge on any atom is 0.238 e. The number of nitrogens with one attached hydrogen (secondary N) is 1. The van der Waals surface area contributed by atoms with Crippen molar-refractivity contribution in [1.82, 2.24) is 9.88 Å². The van der Waals surface area contributed by atoms with Crippen molar-refractivity contribution in [3.63, 3.8) is 0 Å². The molecule has 0 spiro atoms. The van der Waals surface area contributed by atoms with E-state index in [9.17, 15) is 9.18 Å². The number of carbonyl (C=O) groups excluding carboxylic acids is 1. The van der Waals surface area contributed by atoms with Gasteiger partial charge in [0.05, 0.1) is 6.54 Å². The lowest BCUT2D eigenvalue weighted by Crippen LogP contribution is -2.38. The lowest BCUT2D eigenvalue weighted by molar-refractivity contribution is -0.117. The summed E-state index contributed by atoms with van der Waals surface area (Å²) in [5, 5.41) is 2.87. The fraction of sp³-hybridized carbons (Fsp3) is 0.368. The molecule has 1 amide bonds. The van der Waals surface area contributed by atoms with E-state index in [1.807, 2.05) is 18.3 Å². The molecule has 1 saturated heterocycles. The predicted molar refractivity (Wildman–Crippen MR) is 92.4 cm³/mol. The molecule has 3 rings (SSSR count). The molecule has 1 aromatic heterocycles. The minimum Gasteiger partial charge on any atom is -0.325 e. The second-order valence-corrected chi connectivity index (χ2v) is 6.31. The number of aromatic nitrogens is 1. The van der Waals surface area contributed by atoms with Crippen molar-refractivity contribution >= 4 is 11.6 Å². The van der Waals surface area contributed by atoms with Crippen molar-refractivity contribution in [2.45, 2.75) is 25.7 Å². The van der Waals surface area contributed by atoms with Gasteiger partial charge >= 0.3 is 0 Å². The van der Waals surface area contributed by atoms with Gasteiger partial charge in [-0.3, -0.25) is 14.7 Å². The fourth-order valence-electron chi connectivity index (χ4n) is 3.16. The number of nitrogens with zero attached hydrogens (tertiary/aromatic N) is 2. The Labute approximate surface area is 141 Å². The first-order chi connectivity index (χ1) is 11.6. The van der Waals surface area contributed by atoms with Crippen LogP contribution in [0.25, 0.3) is 0 Å². The van der Waals surface area contributed by atoms with Crippen molar-refractivity contribution in [2.24, 2.45) is 0 Å². The first kappa shape index (κ1) is 16.6. The van der Waals surface area contributed by atoms with E-state index in [1.54, 1.807) is 13.0 Å². The Hall–Kier alpha value is -2.27. The number of rotatable bonds is 4. The van der Waals surface area contributed by atoms with Crippen LogP contribution in [0.1, 0.15) is 30.0 Å². The SMILES string of the molecule is Cc1cc(F)ccc1NC(=O)CN1CCC(c2ccccn2)CC1. The summed E-state index contributed by atoms with van der Waals surface area (Å²) in [6, 6.07) is 10.4. The maximum atomic E-state index is 13.1. The number of pyridine rings is 1. The summed E-state index contributed by atoms with van der Waals surface area (Å²) in [4.78, 5) is 18.8. The number of aryl methyl sites for hydroxylation is 1. The van der Waals surface area contributed by atoms with Crippen LogP contribution in [0.3, 0.4) is 0 Å². The summed E-state index contributed by atoms with van der Waals surface area (Å²) >= 11 is 0. The molecule has 126 valence electrons. The largest absolute Gasteiger partial charge is 0.325 e. The predicted octanol–water partition coefficient (Wildman–Crippen LogP) is 3.35. The highest BCUT2D eigenvalue weighted by Crippen LogP contribution is 2.26. The van der Waals surface area contributed by atoms with Gasteiger partial charge in [-0.25, -0.2) is 4.39 Å². The smallest absolute Gasteiger partial charge is 0.238 e. The Balaban J connectivity index is 1.50. The van der Waals surface area contributed by atoms with E-state index >= 15 is 0 Å². The van der Waals surface area contributed by atoms with Crippen molar-refractivity contribution in [2.75, 3.05) is 25.0 Å². The van der Waals surface area contributed by atoms with Gasteiger partial charge in [-0.15, -0.1) is 0 Å². The number of hydrogen-bond acceptors (Lipinski definition) is 3. The first-order valence-electron chi connectivity index (χ1n) is 8.31. The summed E-state index contributed by atoms with van der Waals surface area (Å²) < 4.78 is 13.1. The van der Waals surface area contributed by atoms with Crippen molar-refractivity contribution < 1.29 is 9.18 Å². The van der Waals surface area contributed by atoms with Crippen molar-refractivity contribution in [1.29, 1.82) is 0 Å².